The fourth-order valence-corrected chi connectivity index (χ4v) is 3.15. The van der Waals surface area contributed by atoms with E-state index in [1.807, 2.05) is 18.2 Å². The van der Waals surface area contributed by atoms with Crippen molar-refractivity contribution in [2.24, 2.45) is 0 Å². The smallest absolute Gasteiger partial charge is 0.151 e. The monoisotopic (exact) mass is 333 g/mol. The number of hydrogen-bond acceptors (Lipinski definition) is 4. The van der Waals surface area contributed by atoms with Crippen molar-refractivity contribution in [1.82, 2.24) is 15.2 Å². The van der Waals surface area contributed by atoms with Crippen LogP contribution < -0.4 is 0 Å². The molecule has 1 aromatic carbocycles. The molecule has 0 aliphatic carbocycles. The lowest BCUT2D eigenvalue weighted by molar-refractivity contribution is 0.221. The molecule has 0 unspecified atom stereocenters. The van der Waals surface area contributed by atoms with E-state index in [0.29, 0.717) is 15.7 Å². The van der Waals surface area contributed by atoms with E-state index in [1.54, 1.807) is 24.4 Å². The van der Waals surface area contributed by atoms with Crippen molar-refractivity contribution in [3.63, 3.8) is 0 Å². The van der Waals surface area contributed by atoms with E-state index >= 15 is 0 Å². The average molecular weight is 334 g/mol. The topological polar surface area (TPSA) is 38.7 Å². The highest BCUT2D eigenvalue weighted by molar-refractivity contribution is 7.18. The number of rotatable bonds is 3. The van der Waals surface area contributed by atoms with Crippen LogP contribution in [0.15, 0.2) is 42.6 Å². The summed E-state index contributed by atoms with van der Waals surface area (Å²) in [6.07, 6.45) is 1.63. The summed E-state index contributed by atoms with van der Waals surface area (Å²) in [7, 11) is 0. The molecule has 3 nitrogen and oxygen atoms in total. The third kappa shape index (κ3) is 3.00. The number of alkyl halides is 1. The highest BCUT2D eigenvalue weighted by Crippen LogP contribution is 2.34. The largest absolute Gasteiger partial charge is 0.244 e. The van der Waals surface area contributed by atoms with E-state index in [-0.39, 0.29) is 0 Å². The van der Waals surface area contributed by atoms with Crippen molar-refractivity contribution in [2.75, 3.05) is 0 Å². The van der Waals surface area contributed by atoms with Crippen LogP contribution in [0, 0.1) is 0 Å². The van der Waals surface area contributed by atoms with Gasteiger partial charge in [0.1, 0.15) is 15.8 Å². The fourth-order valence-electron chi connectivity index (χ4n) is 2.02. The molecule has 3 rings (SSSR count). The molecule has 0 saturated carbocycles. The van der Waals surface area contributed by atoms with Crippen LogP contribution in [0.3, 0.4) is 0 Å². The Kier molecular flexibility index (Phi) is 3.93. The first-order chi connectivity index (χ1) is 10.4. The maximum absolute atomic E-state index is 14.1. The van der Waals surface area contributed by atoms with Crippen LogP contribution >= 0.6 is 22.9 Å². The van der Waals surface area contributed by atoms with Gasteiger partial charge in [0.2, 0.25) is 0 Å². The number of nitrogens with zero attached hydrogens (tertiary/aromatic N) is 3. The molecule has 3 aromatic rings. The van der Waals surface area contributed by atoms with Gasteiger partial charge >= 0.3 is 0 Å². The molecule has 6 heteroatoms. The number of benzene rings is 1. The van der Waals surface area contributed by atoms with Gasteiger partial charge in [-0.2, -0.15) is 0 Å². The Morgan fingerprint density at radius 2 is 1.86 bits per heavy atom. The van der Waals surface area contributed by atoms with Crippen LogP contribution in [0.2, 0.25) is 5.15 Å². The second-order valence-electron chi connectivity index (χ2n) is 5.31. The number of hydrogen-bond donors (Lipinski definition) is 0. The van der Waals surface area contributed by atoms with E-state index < -0.39 is 5.67 Å². The van der Waals surface area contributed by atoms with Crippen LogP contribution in [-0.4, -0.2) is 15.2 Å². The second kappa shape index (κ2) is 5.74. The summed E-state index contributed by atoms with van der Waals surface area (Å²) >= 11 is 7.48. The van der Waals surface area contributed by atoms with Gasteiger partial charge in [-0.15, -0.1) is 10.2 Å². The molecule has 0 aliphatic rings. The third-order valence-corrected chi connectivity index (χ3v) is 4.52. The quantitative estimate of drug-likeness (QED) is 0.624. The fraction of sp³-hybridized carbons (Fsp3) is 0.188. The summed E-state index contributed by atoms with van der Waals surface area (Å²) in [4.78, 5) is 4.04. The van der Waals surface area contributed by atoms with Gasteiger partial charge in [-0.3, -0.25) is 0 Å². The third-order valence-electron chi connectivity index (χ3n) is 3.21. The summed E-state index contributed by atoms with van der Waals surface area (Å²) in [5.74, 6) is 0. The van der Waals surface area contributed by atoms with Crippen molar-refractivity contribution in [3.05, 3.63) is 53.3 Å². The van der Waals surface area contributed by atoms with Crippen molar-refractivity contribution < 1.29 is 4.39 Å². The molecule has 0 N–H and O–H groups in total. The molecule has 112 valence electrons. The van der Waals surface area contributed by atoms with E-state index in [9.17, 15) is 4.39 Å². The SMILES string of the molecule is CC(C)(F)c1cccc(-c2nnc(-c3cccnc3Cl)s2)c1. The number of aromatic nitrogens is 3. The van der Waals surface area contributed by atoms with E-state index in [1.165, 1.54) is 25.2 Å². The molecule has 0 amide bonds. The molecule has 0 bridgehead atoms. The number of halogens is 2. The van der Waals surface area contributed by atoms with Gasteiger partial charge in [-0.05, 0) is 37.6 Å². The zero-order valence-corrected chi connectivity index (χ0v) is 13.6. The lowest BCUT2D eigenvalue weighted by atomic mass is 9.98. The molecular formula is C16H13ClFN3S. The molecule has 0 fully saturated rings. The average Bonchev–Trinajstić information content (AvgIpc) is 2.97. The number of pyridine rings is 1. The summed E-state index contributed by atoms with van der Waals surface area (Å²) in [6.45, 7) is 3.07. The van der Waals surface area contributed by atoms with Gasteiger partial charge in [0.05, 0.1) is 0 Å². The lowest BCUT2D eigenvalue weighted by Crippen LogP contribution is -2.08. The van der Waals surface area contributed by atoms with Crippen LogP contribution in [0.5, 0.6) is 0 Å². The lowest BCUT2D eigenvalue weighted by Gasteiger charge is -2.14. The minimum absolute atomic E-state index is 0.392. The normalized spacial score (nSPS) is 11.6. The molecule has 0 saturated heterocycles. The van der Waals surface area contributed by atoms with Crippen LogP contribution in [0.25, 0.3) is 21.1 Å². The van der Waals surface area contributed by atoms with E-state index in [2.05, 4.69) is 15.2 Å². The predicted molar refractivity (Wildman–Crippen MR) is 87.7 cm³/mol. The molecule has 0 atom stereocenters. The summed E-state index contributed by atoms with van der Waals surface area (Å²) in [6, 6.07) is 10.9. The second-order valence-corrected chi connectivity index (χ2v) is 6.64. The minimum atomic E-state index is -1.39. The van der Waals surface area contributed by atoms with Crippen LogP contribution in [-0.2, 0) is 5.67 Å². The van der Waals surface area contributed by atoms with Crippen LogP contribution in [0.1, 0.15) is 19.4 Å². The Morgan fingerprint density at radius 3 is 2.59 bits per heavy atom. The first kappa shape index (κ1) is 15.1. The van der Waals surface area contributed by atoms with Gasteiger partial charge in [0.25, 0.3) is 0 Å². The van der Waals surface area contributed by atoms with Gasteiger partial charge in [0, 0.05) is 17.3 Å². The Bertz CT molecular complexity index is 811. The zero-order chi connectivity index (χ0) is 15.7. The maximum atomic E-state index is 14.1. The molecule has 0 spiro atoms. The van der Waals surface area contributed by atoms with Crippen molar-refractivity contribution in [1.29, 1.82) is 0 Å². The maximum Gasteiger partial charge on any atom is 0.151 e. The highest BCUT2D eigenvalue weighted by Gasteiger charge is 2.20. The molecule has 22 heavy (non-hydrogen) atoms. The highest BCUT2D eigenvalue weighted by atomic mass is 35.5. The predicted octanol–water partition coefficient (Wildman–Crippen LogP) is 5.13. The standard InChI is InChI=1S/C16H13ClFN3S/c1-16(2,18)11-6-3-5-10(9-11)14-20-21-15(22-14)12-7-4-8-19-13(12)17/h3-9H,1-2H3. The first-order valence-electron chi connectivity index (χ1n) is 6.69. The minimum Gasteiger partial charge on any atom is -0.244 e. The summed E-state index contributed by atoms with van der Waals surface area (Å²) in [5, 5.41) is 10.2. The van der Waals surface area contributed by atoms with Crippen molar-refractivity contribution in [3.8, 4) is 21.1 Å². The van der Waals surface area contributed by atoms with Gasteiger partial charge in [0.15, 0.2) is 5.01 Å². The van der Waals surface area contributed by atoms with Gasteiger partial charge < -0.3 is 0 Å². The molecular weight excluding hydrogens is 321 g/mol. The zero-order valence-electron chi connectivity index (χ0n) is 12.0. The Labute approximate surface area is 136 Å². The van der Waals surface area contributed by atoms with Crippen molar-refractivity contribution >= 4 is 22.9 Å². The van der Waals surface area contributed by atoms with Gasteiger partial charge in [-0.25, -0.2) is 9.37 Å². The Morgan fingerprint density at radius 1 is 1.09 bits per heavy atom. The molecule has 0 aliphatic heterocycles. The molecule has 2 aromatic heterocycles. The van der Waals surface area contributed by atoms with E-state index in [0.717, 1.165) is 16.1 Å². The Balaban J connectivity index is 2.00. The van der Waals surface area contributed by atoms with Crippen molar-refractivity contribution in [2.45, 2.75) is 19.5 Å². The van der Waals surface area contributed by atoms with Crippen LogP contribution in [0.4, 0.5) is 4.39 Å². The Hall–Kier alpha value is -1.85. The molecule has 0 radical (unpaired) electrons. The van der Waals surface area contributed by atoms with Gasteiger partial charge in [-0.1, -0.05) is 41.1 Å². The molecule has 2 heterocycles. The first-order valence-corrected chi connectivity index (χ1v) is 7.89. The summed E-state index contributed by atoms with van der Waals surface area (Å²) in [5.41, 5.74) is 0.805. The van der Waals surface area contributed by atoms with E-state index in [4.69, 9.17) is 11.6 Å². The summed E-state index contributed by atoms with van der Waals surface area (Å²) < 4.78 is 14.1.